The number of quaternary nitrogens is 1. The van der Waals surface area contributed by atoms with Crippen LogP contribution in [0.1, 0.15) is 33.6 Å². The molecule has 0 radical (unpaired) electrons. The van der Waals surface area contributed by atoms with Crippen molar-refractivity contribution < 1.29 is 15.0 Å². The van der Waals surface area contributed by atoms with Crippen LogP contribution >= 0.6 is 0 Å². The van der Waals surface area contributed by atoms with Crippen molar-refractivity contribution in [3.63, 3.8) is 0 Å². The van der Waals surface area contributed by atoms with E-state index < -0.39 is 16.9 Å². The molecule has 0 aliphatic rings. The smallest absolute Gasteiger partial charge is 0.278 e. The van der Waals surface area contributed by atoms with Crippen molar-refractivity contribution in [2.75, 3.05) is 0 Å². The average Bonchev–Trinajstić information content (AvgIpc) is 2.85. The number of nitrogens with two attached hydrogens (primary N) is 1. The van der Waals surface area contributed by atoms with Crippen LogP contribution in [0.2, 0.25) is 0 Å². The minimum Gasteiger partial charge on any atom is -0.293 e. The number of nitro groups is 1. The highest BCUT2D eigenvalue weighted by Crippen LogP contribution is 2.35. The van der Waals surface area contributed by atoms with Crippen LogP contribution in [0.15, 0.2) is 103 Å². The molecule has 0 aliphatic heterocycles. The summed E-state index contributed by atoms with van der Waals surface area (Å²) in [6.45, 7) is 0. The van der Waals surface area contributed by atoms with Crippen LogP contribution < -0.4 is 5.32 Å². The highest BCUT2D eigenvalue weighted by atomic mass is 16.6. The van der Waals surface area contributed by atoms with E-state index >= 15 is 0 Å². The molecule has 2 atom stereocenters. The number of carbonyl (C=O) groups is 1. The molecule has 0 fully saturated rings. The molecular formula is C25H21N4O3+. The number of carbonyl (C=O) groups excluding carboxylic acids is 1. The van der Waals surface area contributed by atoms with E-state index in [1.54, 1.807) is 73.1 Å². The summed E-state index contributed by atoms with van der Waals surface area (Å²) in [5.41, 5.74) is 1.44. The maximum Gasteiger partial charge on any atom is 0.278 e. The largest absolute Gasteiger partial charge is 0.293 e. The van der Waals surface area contributed by atoms with E-state index in [1.165, 1.54) is 6.07 Å². The van der Waals surface area contributed by atoms with Gasteiger partial charge < -0.3 is 0 Å². The van der Waals surface area contributed by atoms with Crippen LogP contribution in [-0.4, -0.2) is 20.7 Å². The van der Waals surface area contributed by atoms with Crippen molar-refractivity contribution in [2.45, 2.75) is 12.0 Å². The summed E-state index contributed by atoms with van der Waals surface area (Å²) in [5.74, 6) is -0.321. The van der Waals surface area contributed by atoms with E-state index in [2.05, 4.69) is 9.97 Å². The molecule has 0 spiro atoms. The Hall–Kier alpha value is -4.23. The fourth-order valence-electron chi connectivity index (χ4n) is 3.78. The second kappa shape index (κ2) is 9.72. The van der Waals surface area contributed by atoms with Gasteiger partial charge in [-0.25, -0.2) is 4.98 Å². The second-order valence-electron chi connectivity index (χ2n) is 7.23. The molecule has 0 bridgehead atoms. The summed E-state index contributed by atoms with van der Waals surface area (Å²) in [4.78, 5) is 34.0. The molecular weight excluding hydrogens is 404 g/mol. The van der Waals surface area contributed by atoms with Crippen molar-refractivity contribution in [1.82, 2.24) is 9.97 Å². The van der Waals surface area contributed by atoms with Gasteiger partial charge in [0.15, 0.2) is 5.78 Å². The molecule has 2 heterocycles. The Balaban J connectivity index is 1.91. The van der Waals surface area contributed by atoms with Crippen molar-refractivity contribution in [3.05, 3.63) is 130 Å². The zero-order valence-corrected chi connectivity index (χ0v) is 17.1. The van der Waals surface area contributed by atoms with Crippen LogP contribution in [0.5, 0.6) is 0 Å². The Bertz CT molecular complexity index is 1200. The average molecular weight is 425 g/mol. The van der Waals surface area contributed by atoms with E-state index in [0.29, 0.717) is 22.6 Å². The Morgan fingerprint density at radius 1 is 0.812 bits per heavy atom. The third kappa shape index (κ3) is 4.58. The van der Waals surface area contributed by atoms with Gasteiger partial charge in [0, 0.05) is 30.1 Å². The lowest BCUT2D eigenvalue weighted by atomic mass is 9.83. The van der Waals surface area contributed by atoms with Crippen LogP contribution in [-0.2, 0) is 0 Å². The minimum absolute atomic E-state index is 0.0496. The van der Waals surface area contributed by atoms with Crippen molar-refractivity contribution >= 4 is 17.3 Å². The topological polar surface area (TPSA) is 103 Å². The predicted octanol–water partition coefficient (Wildman–Crippen LogP) is 3.99. The highest BCUT2D eigenvalue weighted by Gasteiger charge is 2.39. The molecule has 0 saturated heterocycles. The van der Waals surface area contributed by atoms with Gasteiger partial charge in [-0.2, -0.15) is 0 Å². The second-order valence-corrected chi connectivity index (χ2v) is 7.23. The number of nitro benzene ring substituents is 1. The third-order valence-electron chi connectivity index (χ3n) is 5.24. The molecule has 32 heavy (non-hydrogen) atoms. The summed E-state index contributed by atoms with van der Waals surface area (Å²) < 4.78 is 0. The number of para-hydroxylation sites is 1. The third-order valence-corrected chi connectivity index (χ3v) is 5.24. The first-order valence-corrected chi connectivity index (χ1v) is 10.1. The molecule has 0 amide bonds. The Morgan fingerprint density at radius 2 is 1.47 bits per heavy atom. The summed E-state index contributed by atoms with van der Waals surface area (Å²) in [5, 5.41) is 13.7. The minimum atomic E-state index is -0.776. The molecule has 7 heteroatoms. The molecule has 0 saturated carbocycles. The number of benzene rings is 2. The number of nitrogens with zero attached hydrogens (tertiary/aromatic N) is 3. The van der Waals surface area contributed by atoms with Crippen LogP contribution in [0.4, 0.5) is 11.5 Å². The first-order chi connectivity index (χ1) is 15.6. The normalized spacial score (nSPS) is 12.6. The molecule has 4 aromatic rings. The molecule has 2 aromatic heterocycles. The van der Waals surface area contributed by atoms with E-state index in [1.807, 2.05) is 29.6 Å². The summed E-state index contributed by atoms with van der Waals surface area (Å²) in [7, 11) is 0. The quantitative estimate of drug-likeness (QED) is 0.261. The van der Waals surface area contributed by atoms with Crippen molar-refractivity contribution in [2.24, 2.45) is 0 Å². The number of hydrogen-bond acceptors (Lipinski definition) is 5. The van der Waals surface area contributed by atoms with Crippen LogP contribution in [0.25, 0.3) is 0 Å². The monoisotopic (exact) mass is 425 g/mol. The fourth-order valence-corrected chi connectivity index (χ4v) is 3.78. The zero-order chi connectivity index (χ0) is 22.3. The SMILES string of the molecule is O=C(c1ccccc1)[C@H](c1ccccn1)[C@@H]([NH2+]c1ccccn1)c1ccccc1[N+](=O)[O-]. The lowest BCUT2D eigenvalue weighted by Gasteiger charge is -2.24. The first-order valence-electron chi connectivity index (χ1n) is 10.1. The Kier molecular flexibility index (Phi) is 6.38. The lowest BCUT2D eigenvalue weighted by Crippen LogP contribution is -2.81. The number of pyridine rings is 2. The lowest BCUT2D eigenvalue weighted by molar-refractivity contribution is -0.623. The van der Waals surface area contributed by atoms with Gasteiger partial charge in [-0.05, 0) is 24.3 Å². The van der Waals surface area contributed by atoms with Gasteiger partial charge in [-0.3, -0.25) is 25.2 Å². The number of hydrogen-bond donors (Lipinski definition) is 1. The number of Topliss-reactive ketones (excluding diaryl/α,β-unsaturated/α-hetero) is 1. The summed E-state index contributed by atoms with van der Waals surface area (Å²) in [6.07, 6.45) is 3.27. The number of rotatable bonds is 8. The van der Waals surface area contributed by atoms with Gasteiger partial charge in [-0.15, -0.1) is 0 Å². The first kappa shape index (κ1) is 21.0. The van der Waals surface area contributed by atoms with Crippen LogP contribution in [0.3, 0.4) is 0 Å². The molecule has 0 aliphatic carbocycles. The molecule has 4 rings (SSSR count). The summed E-state index contributed by atoms with van der Waals surface area (Å²) in [6, 6.07) is 25.6. The Labute approximate surface area is 185 Å². The van der Waals surface area contributed by atoms with E-state index in [4.69, 9.17) is 0 Å². The van der Waals surface area contributed by atoms with Gasteiger partial charge in [-0.1, -0.05) is 54.6 Å². The van der Waals surface area contributed by atoms with Gasteiger partial charge in [0.25, 0.3) is 5.69 Å². The number of aromatic nitrogens is 2. The maximum absolute atomic E-state index is 13.8. The zero-order valence-electron chi connectivity index (χ0n) is 17.1. The number of ketones is 1. The van der Waals surface area contributed by atoms with E-state index in [9.17, 15) is 14.9 Å². The van der Waals surface area contributed by atoms with Crippen molar-refractivity contribution in [3.8, 4) is 0 Å². The van der Waals surface area contributed by atoms with E-state index in [-0.39, 0.29) is 11.5 Å². The fraction of sp³-hybridized carbons (Fsp3) is 0.0800. The van der Waals surface area contributed by atoms with Crippen LogP contribution in [0, 0.1) is 10.1 Å². The standard InChI is InChI=1S/C25H20N4O3/c30-25(18-10-2-1-3-11-18)23(20-13-6-8-16-26-20)24(28-22-15-7-9-17-27-22)19-12-4-5-14-21(19)29(31)32/h1-17,23-24H,(H,27,28)/p+1/t23-,24+/m1/s1. The molecule has 158 valence electrons. The van der Waals surface area contributed by atoms with Gasteiger partial charge in [0.1, 0.15) is 12.0 Å². The molecule has 0 unspecified atom stereocenters. The van der Waals surface area contributed by atoms with Gasteiger partial charge in [0.05, 0.1) is 16.2 Å². The Morgan fingerprint density at radius 3 is 2.12 bits per heavy atom. The molecule has 2 aromatic carbocycles. The highest BCUT2D eigenvalue weighted by molar-refractivity contribution is 6.01. The molecule has 7 nitrogen and oxygen atoms in total. The molecule has 2 N–H and O–H groups in total. The van der Waals surface area contributed by atoms with Gasteiger partial charge >= 0.3 is 0 Å². The van der Waals surface area contributed by atoms with E-state index in [0.717, 1.165) is 0 Å². The summed E-state index contributed by atoms with van der Waals surface area (Å²) >= 11 is 0. The van der Waals surface area contributed by atoms with Crippen molar-refractivity contribution in [1.29, 1.82) is 0 Å². The maximum atomic E-state index is 13.8. The predicted molar refractivity (Wildman–Crippen MR) is 119 cm³/mol. The van der Waals surface area contributed by atoms with Gasteiger partial charge in [0.2, 0.25) is 5.82 Å².